The van der Waals surface area contributed by atoms with Crippen molar-refractivity contribution in [3.05, 3.63) is 66.5 Å². The molecule has 2 aromatic carbocycles. The Bertz CT molecular complexity index is 914. The van der Waals surface area contributed by atoms with Crippen LogP contribution in [0, 0.1) is 11.3 Å². The third-order valence-electron chi connectivity index (χ3n) is 6.05. The van der Waals surface area contributed by atoms with Crippen molar-refractivity contribution >= 4 is 11.0 Å². The van der Waals surface area contributed by atoms with Gasteiger partial charge in [-0.15, -0.1) is 0 Å². The zero-order chi connectivity index (χ0) is 18.5. The van der Waals surface area contributed by atoms with Gasteiger partial charge in [0.1, 0.15) is 0 Å². The van der Waals surface area contributed by atoms with Gasteiger partial charge < -0.3 is 9.88 Å². The van der Waals surface area contributed by atoms with Crippen molar-refractivity contribution in [2.24, 2.45) is 0 Å². The van der Waals surface area contributed by atoms with Gasteiger partial charge in [-0.3, -0.25) is 0 Å². The molecule has 1 aliphatic carbocycles. The summed E-state index contributed by atoms with van der Waals surface area (Å²) in [7, 11) is 0. The second-order valence-electron chi connectivity index (χ2n) is 7.70. The van der Waals surface area contributed by atoms with Crippen LogP contribution in [0.25, 0.3) is 11.0 Å². The topological polar surface area (TPSA) is 58.2 Å². The lowest BCUT2D eigenvalue weighted by Gasteiger charge is -2.34. The maximum Gasteiger partial charge on any atom is 0.0958 e. The number of nitrogens with zero attached hydrogens (tertiary/aromatic N) is 3. The Balaban J connectivity index is 1.26. The molecule has 1 saturated carbocycles. The van der Waals surface area contributed by atoms with Crippen LogP contribution in [0.5, 0.6) is 0 Å². The van der Waals surface area contributed by atoms with Gasteiger partial charge in [0.05, 0.1) is 41.4 Å². The lowest BCUT2D eigenvalue weighted by atomic mass is 9.69. The summed E-state index contributed by atoms with van der Waals surface area (Å²) in [6.07, 6.45) is 7.28. The SMILES string of the molecule is N#CC1(c2ccccc2)CCC([NH2+]CCCn2cnc3ccccc32)CC1. The van der Waals surface area contributed by atoms with Crippen LogP contribution in [0.15, 0.2) is 60.9 Å². The number of quaternary nitrogens is 1. The van der Waals surface area contributed by atoms with E-state index in [4.69, 9.17) is 0 Å². The molecule has 2 N–H and O–H groups in total. The van der Waals surface area contributed by atoms with E-state index in [1.54, 1.807) is 0 Å². The fourth-order valence-electron chi connectivity index (χ4n) is 4.39. The van der Waals surface area contributed by atoms with Crippen molar-refractivity contribution in [2.45, 2.75) is 50.1 Å². The van der Waals surface area contributed by atoms with E-state index in [9.17, 15) is 5.26 Å². The van der Waals surface area contributed by atoms with E-state index < -0.39 is 0 Å². The summed E-state index contributed by atoms with van der Waals surface area (Å²) < 4.78 is 2.25. The summed E-state index contributed by atoms with van der Waals surface area (Å²) in [5, 5.41) is 12.3. The molecule has 4 nitrogen and oxygen atoms in total. The smallest absolute Gasteiger partial charge is 0.0958 e. The number of fused-ring (bicyclic) bond motifs is 1. The van der Waals surface area contributed by atoms with Crippen LogP contribution >= 0.6 is 0 Å². The molecule has 138 valence electrons. The predicted molar refractivity (Wildman–Crippen MR) is 107 cm³/mol. The average Bonchev–Trinajstić information content (AvgIpc) is 3.15. The molecule has 1 fully saturated rings. The average molecular weight is 359 g/mol. The summed E-state index contributed by atoms with van der Waals surface area (Å²) in [5.41, 5.74) is 3.21. The van der Waals surface area contributed by atoms with E-state index >= 15 is 0 Å². The van der Waals surface area contributed by atoms with Crippen molar-refractivity contribution in [3.63, 3.8) is 0 Å². The van der Waals surface area contributed by atoms with Gasteiger partial charge in [0, 0.05) is 25.8 Å². The monoisotopic (exact) mass is 359 g/mol. The molecule has 0 spiro atoms. The minimum absolute atomic E-state index is 0.276. The molecule has 1 aromatic heterocycles. The van der Waals surface area contributed by atoms with Gasteiger partial charge in [-0.25, -0.2) is 4.98 Å². The lowest BCUT2D eigenvalue weighted by molar-refractivity contribution is -0.692. The number of aromatic nitrogens is 2. The van der Waals surface area contributed by atoms with Crippen LogP contribution in [0.3, 0.4) is 0 Å². The number of benzene rings is 2. The molecule has 4 rings (SSSR count). The Morgan fingerprint density at radius 2 is 1.81 bits per heavy atom. The number of aryl methyl sites for hydroxylation is 1. The van der Waals surface area contributed by atoms with E-state index in [0.29, 0.717) is 6.04 Å². The number of imidazole rings is 1. The first-order valence-corrected chi connectivity index (χ1v) is 10.0. The van der Waals surface area contributed by atoms with Gasteiger partial charge in [0.25, 0.3) is 0 Å². The molecule has 0 unspecified atom stereocenters. The van der Waals surface area contributed by atoms with Gasteiger partial charge in [0.2, 0.25) is 0 Å². The zero-order valence-corrected chi connectivity index (χ0v) is 15.7. The first kappa shape index (κ1) is 17.8. The summed E-state index contributed by atoms with van der Waals surface area (Å²) in [5.74, 6) is 0. The first-order valence-electron chi connectivity index (χ1n) is 10.0. The van der Waals surface area contributed by atoms with Gasteiger partial charge in [-0.2, -0.15) is 5.26 Å². The highest BCUT2D eigenvalue weighted by Crippen LogP contribution is 2.38. The number of rotatable bonds is 6. The number of hydrogen-bond acceptors (Lipinski definition) is 2. The van der Waals surface area contributed by atoms with Crippen molar-refractivity contribution in [2.75, 3.05) is 6.54 Å². The molecule has 27 heavy (non-hydrogen) atoms. The molecule has 0 radical (unpaired) electrons. The van der Waals surface area contributed by atoms with E-state index in [1.165, 1.54) is 11.1 Å². The van der Waals surface area contributed by atoms with Crippen LogP contribution in [0.2, 0.25) is 0 Å². The molecular formula is C23H27N4+. The maximum atomic E-state index is 9.82. The van der Waals surface area contributed by atoms with Crippen LogP contribution < -0.4 is 5.32 Å². The van der Waals surface area contributed by atoms with Gasteiger partial charge in [-0.1, -0.05) is 42.5 Å². The third-order valence-corrected chi connectivity index (χ3v) is 6.05. The molecule has 0 aliphatic heterocycles. The van der Waals surface area contributed by atoms with E-state index in [2.05, 4.69) is 51.3 Å². The number of hydrogen-bond donors (Lipinski definition) is 1. The van der Waals surface area contributed by atoms with Crippen molar-refractivity contribution in [1.82, 2.24) is 9.55 Å². The predicted octanol–water partition coefficient (Wildman–Crippen LogP) is 3.39. The highest BCUT2D eigenvalue weighted by Gasteiger charge is 2.38. The Morgan fingerprint density at radius 3 is 2.59 bits per heavy atom. The van der Waals surface area contributed by atoms with Crippen LogP contribution in [-0.4, -0.2) is 22.1 Å². The first-order chi connectivity index (χ1) is 13.3. The highest BCUT2D eigenvalue weighted by atomic mass is 15.0. The zero-order valence-electron chi connectivity index (χ0n) is 15.7. The van der Waals surface area contributed by atoms with Crippen LogP contribution in [-0.2, 0) is 12.0 Å². The molecule has 0 bridgehead atoms. The molecule has 3 aromatic rings. The maximum absolute atomic E-state index is 9.82. The Morgan fingerprint density at radius 1 is 1.07 bits per heavy atom. The van der Waals surface area contributed by atoms with Crippen molar-refractivity contribution in [3.8, 4) is 6.07 Å². The summed E-state index contributed by atoms with van der Waals surface area (Å²) in [6, 6.07) is 21.9. The molecule has 1 aliphatic rings. The molecule has 1 heterocycles. The second kappa shape index (κ2) is 7.94. The minimum atomic E-state index is -0.276. The quantitative estimate of drug-likeness (QED) is 0.686. The number of nitrogens with two attached hydrogens (primary N) is 1. The summed E-state index contributed by atoms with van der Waals surface area (Å²) in [4.78, 5) is 4.46. The second-order valence-corrected chi connectivity index (χ2v) is 7.70. The molecule has 0 atom stereocenters. The summed E-state index contributed by atoms with van der Waals surface area (Å²) >= 11 is 0. The Kier molecular flexibility index (Phi) is 5.22. The number of para-hydroxylation sites is 2. The van der Waals surface area contributed by atoms with E-state index in [0.717, 1.165) is 50.7 Å². The fraction of sp³-hybridized carbons (Fsp3) is 0.391. The lowest BCUT2D eigenvalue weighted by Crippen LogP contribution is -2.90. The van der Waals surface area contributed by atoms with E-state index in [1.807, 2.05) is 30.6 Å². The molecule has 4 heteroatoms. The van der Waals surface area contributed by atoms with Crippen LogP contribution in [0.1, 0.15) is 37.7 Å². The van der Waals surface area contributed by atoms with Gasteiger partial charge >= 0.3 is 0 Å². The summed E-state index contributed by atoms with van der Waals surface area (Å²) in [6.45, 7) is 2.14. The normalized spacial score (nSPS) is 22.6. The minimum Gasteiger partial charge on any atom is -0.344 e. The standard InChI is InChI=1S/C23H26N4/c24-17-23(19-7-2-1-3-8-19)13-11-20(12-14-23)25-15-6-16-27-18-26-21-9-4-5-10-22(21)27/h1-5,7-10,18,20,25H,6,11-16H2/p+1. The Labute approximate surface area is 160 Å². The number of nitriles is 1. The van der Waals surface area contributed by atoms with E-state index in [-0.39, 0.29) is 5.41 Å². The highest BCUT2D eigenvalue weighted by molar-refractivity contribution is 5.74. The third kappa shape index (κ3) is 3.74. The van der Waals surface area contributed by atoms with Crippen LogP contribution in [0.4, 0.5) is 0 Å². The Hall–Kier alpha value is -2.64. The molecular weight excluding hydrogens is 332 g/mol. The van der Waals surface area contributed by atoms with Gasteiger partial charge in [-0.05, 0) is 30.5 Å². The molecule has 0 saturated heterocycles. The molecule has 0 amide bonds. The largest absolute Gasteiger partial charge is 0.344 e. The van der Waals surface area contributed by atoms with Crippen molar-refractivity contribution < 1.29 is 5.32 Å². The van der Waals surface area contributed by atoms with Crippen molar-refractivity contribution in [1.29, 1.82) is 5.26 Å². The fourth-order valence-corrected chi connectivity index (χ4v) is 4.39. The van der Waals surface area contributed by atoms with Gasteiger partial charge in [0.15, 0.2) is 0 Å².